The molecule has 0 bridgehead atoms. The Hall–Kier alpha value is -4.47. The fourth-order valence-corrected chi connectivity index (χ4v) is 5.19. The van der Waals surface area contributed by atoms with E-state index in [4.69, 9.17) is 14.2 Å². The number of para-hydroxylation sites is 1. The Labute approximate surface area is 206 Å². The van der Waals surface area contributed by atoms with Crippen LogP contribution >= 0.6 is 0 Å². The highest BCUT2D eigenvalue weighted by Crippen LogP contribution is 2.47. The molecule has 2 aromatic carbocycles. The van der Waals surface area contributed by atoms with Crippen molar-refractivity contribution in [2.45, 2.75) is 12.1 Å². The molecule has 36 heavy (non-hydrogen) atoms. The zero-order valence-corrected chi connectivity index (χ0v) is 19.8. The van der Waals surface area contributed by atoms with Crippen LogP contribution in [-0.2, 0) is 14.3 Å². The van der Waals surface area contributed by atoms with Crippen LogP contribution in [0.25, 0.3) is 0 Å². The van der Waals surface area contributed by atoms with Crippen molar-refractivity contribution in [1.82, 2.24) is 5.01 Å². The second kappa shape index (κ2) is 8.95. The number of anilines is 1. The number of hydrazone groups is 1. The van der Waals surface area contributed by atoms with Crippen molar-refractivity contribution in [2.75, 3.05) is 26.2 Å². The molecule has 0 aromatic heterocycles. The number of benzene rings is 2. The molecule has 0 unspecified atom stereocenters. The van der Waals surface area contributed by atoms with Crippen LogP contribution in [0.15, 0.2) is 59.7 Å². The number of allylic oxidation sites excluding steroid dienone is 1. The van der Waals surface area contributed by atoms with Crippen LogP contribution in [0.2, 0.25) is 0 Å². The number of nitrogens with zero attached hydrogens (tertiary/aromatic N) is 3. The van der Waals surface area contributed by atoms with Gasteiger partial charge in [0.05, 0.1) is 50.5 Å². The highest BCUT2D eigenvalue weighted by molar-refractivity contribution is 6.26. The summed E-state index contributed by atoms with van der Waals surface area (Å²) in [5.74, 6) is -3.18. The van der Waals surface area contributed by atoms with Gasteiger partial charge in [0.2, 0.25) is 11.8 Å². The Bertz CT molecular complexity index is 1330. The van der Waals surface area contributed by atoms with E-state index in [-0.39, 0.29) is 22.6 Å². The average molecular weight is 489 g/mol. The van der Waals surface area contributed by atoms with E-state index in [1.165, 1.54) is 44.7 Å². The predicted molar refractivity (Wildman–Crippen MR) is 128 cm³/mol. The Kier molecular flexibility index (Phi) is 5.79. The number of carbonyl (C=O) groups is 4. The molecule has 184 valence electrons. The predicted octanol–water partition coefficient (Wildman–Crippen LogP) is 2.09. The largest absolute Gasteiger partial charge is 0.493 e. The number of hydrogen-bond acceptors (Lipinski definition) is 9. The lowest BCUT2D eigenvalue weighted by atomic mass is 9.86. The van der Waals surface area contributed by atoms with Gasteiger partial charge in [0.25, 0.3) is 0 Å². The molecule has 5 rings (SSSR count). The Morgan fingerprint density at radius 1 is 0.917 bits per heavy atom. The molecule has 10 nitrogen and oxygen atoms in total. The molecule has 10 heteroatoms. The van der Waals surface area contributed by atoms with Crippen molar-refractivity contribution in [2.24, 2.45) is 16.9 Å². The maximum Gasteiger partial charge on any atom is 0.339 e. The van der Waals surface area contributed by atoms with Crippen molar-refractivity contribution in [3.63, 3.8) is 0 Å². The highest BCUT2D eigenvalue weighted by Gasteiger charge is 2.64. The number of rotatable bonds is 6. The van der Waals surface area contributed by atoms with Gasteiger partial charge in [-0.25, -0.2) is 9.69 Å². The molecule has 4 atom stereocenters. The molecular formula is C26H23N3O7. The molecule has 3 aliphatic heterocycles. The molecule has 2 amide bonds. The molecule has 0 radical (unpaired) electrons. The standard InChI is InChI=1S/C26H23N3O7/c1-34-18-11-10-14(13-19(18)35-2)23(30)22-21-20(17-9-6-12-27-29(17)22)24(31)28(25(21)32)16-8-5-4-7-15(16)26(33)36-3/h4-13,17,20-22H,1-3H3/t17-,20+,21+,22+/m1/s1. The van der Waals surface area contributed by atoms with E-state index in [2.05, 4.69) is 5.10 Å². The van der Waals surface area contributed by atoms with E-state index in [0.717, 1.165) is 4.90 Å². The zero-order chi connectivity index (χ0) is 25.6. The van der Waals surface area contributed by atoms with E-state index >= 15 is 0 Å². The maximum absolute atomic E-state index is 13.8. The number of carbonyl (C=O) groups excluding carboxylic acids is 4. The number of fused-ring (bicyclic) bond motifs is 3. The van der Waals surface area contributed by atoms with E-state index in [9.17, 15) is 19.2 Å². The lowest BCUT2D eigenvalue weighted by Gasteiger charge is -2.30. The second-order valence-corrected chi connectivity index (χ2v) is 8.47. The summed E-state index contributed by atoms with van der Waals surface area (Å²) in [6, 6.07) is 9.34. The van der Waals surface area contributed by atoms with Crippen molar-refractivity contribution in [1.29, 1.82) is 0 Å². The van der Waals surface area contributed by atoms with Gasteiger partial charge in [0, 0.05) is 11.8 Å². The van der Waals surface area contributed by atoms with Gasteiger partial charge >= 0.3 is 5.97 Å². The minimum absolute atomic E-state index is 0.0819. The van der Waals surface area contributed by atoms with Crippen LogP contribution in [-0.4, -0.2) is 68.2 Å². The van der Waals surface area contributed by atoms with Crippen LogP contribution in [0.1, 0.15) is 20.7 Å². The van der Waals surface area contributed by atoms with E-state index in [1.54, 1.807) is 42.5 Å². The van der Waals surface area contributed by atoms with Gasteiger partial charge in [-0.3, -0.25) is 19.4 Å². The minimum Gasteiger partial charge on any atom is -0.493 e. The number of Topliss-reactive ketones (excluding diaryl/α,β-unsaturated/α-hetero) is 1. The van der Waals surface area contributed by atoms with Gasteiger partial charge in [-0.1, -0.05) is 18.2 Å². The first-order valence-corrected chi connectivity index (χ1v) is 11.2. The molecule has 2 aromatic rings. The van der Waals surface area contributed by atoms with Crippen LogP contribution < -0.4 is 14.4 Å². The first kappa shape index (κ1) is 23.3. The summed E-state index contributed by atoms with van der Waals surface area (Å²) in [6.07, 6.45) is 4.96. The van der Waals surface area contributed by atoms with Crippen molar-refractivity contribution in [3.05, 3.63) is 65.7 Å². The summed E-state index contributed by atoms with van der Waals surface area (Å²) >= 11 is 0. The van der Waals surface area contributed by atoms with E-state index in [0.29, 0.717) is 11.5 Å². The number of methoxy groups -OCH3 is 3. The first-order chi connectivity index (χ1) is 17.4. The monoisotopic (exact) mass is 489 g/mol. The van der Waals surface area contributed by atoms with Gasteiger partial charge in [0.1, 0.15) is 6.04 Å². The van der Waals surface area contributed by atoms with Crippen molar-refractivity contribution >= 4 is 35.5 Å². The quantitative estimate of drug-likeness (QED) is 0.344. The first-order valence-electron chi connectivity index (χ1n) is 11.2. The molecule has 3 heterocycles. The molecule has 3 aliphatic rings. The molecule has 2 saturated heterocycles. The fourth-order valence-electron chi connectivity index (χ4n) is 5.19. The summed E-state index contributed by atoms with van der Waals surface area (Å²) < 4.78 is 15.4. The van der Waals surface area contributed by atoms with E-state index in [1.807, 2.05) is 0 Å². The molecule has 0 spiro atoms. The number of hydrogen-bond donors (Lipinski definition) is 0. The van der Waals surface area contributed by atoms with Gasteiger partial charge in [-0.05, 0) is 36.4 Å². The summed E-state index contributed by atoms with van der Waals surface area (Å²) in [4.78, 5) is 54.7. The maximum atomic E-state index is 13.8. The van der Waals surface area contributed by atoms with Gasteiger partial charge < -0.3 is 14.2 Å². The van der Waals surface area contributed by atoms with Crippen LogP contribution in [0.4, 0.5) is 5.69 Å². The average Bonchev–Trinajstić information content (AvgIpc) is 3.39. The smallest absolute Gasteiger partial charge is 0.339 e. The topological polar surface area (TPSA) is 115 Å². The Morgan fingerprint density at radius 3 is 2.36 bits per heavy atom. The Morgan fingerprint density at radius 2 is 1.64 bits per heavy atom. The number of ketones is 1. The van der Waals surface area contributed by atoms with Crippen LogP contribution in [0, 0.1) is 11.8 Å². The lowest BCUT2D eigenvalue weighted by Crippen LogP contribution is -2.46. The SMILES string of the molecule is COC(=O)c1ccccc1N1C(=O)[C@@H]2[C@H](C1=O)[C@@H](C(=O)c1ccc(OC)c(OC)c1)N1N=CC=C[C@H]21. The van der Waals surface area contributed by atoms with E-state index < -0.39 is 41.7 Å². The normalized spacial score (nSPS) is 24.0. The Balaban J connectivity index is 1.58. The molecular weight excluding hydrogens is 466 g/mol. The number of esters is 1. The van der Waals surface area contributed by atoms with Gasteiger partial charge in [0.15, 0.2) is 17.3 Å². The van der Waals surface area contributed by atoms with Gasteiger partial charge in [-0.15, -0.1) is 0 Å². The number of imide groups is 1. The minimum atomic E-state index is -1.04. The number of ether oxygens (including phenoxy) is 3. The molecule has 0 N–H and O–H groups in total. The van der Waals surface area contributed by atoms with Crippen molar-refractivity contribution < 1.29 is 33.4 Å². The summed E-state index contributed by atoms with van der Waals surface area (Å²) in [5.41, 5.74) is 0.495. The second-order valence-electron chi connectivity index (χ2n) is 8.47. The summed E-state index contributed by atoms with van der Waals surface area (Å²) in [7, 11) is 4.18. The number of amides is 2. The fraction of sp³-hybridized carbons (Fsp3) is 0.269. The van der Waals surface area contributed by atoms with Gasteiger partial charge in [-0.2, -0.15) is 5.10 Å². The molecule has 2 fully saturated rings. The highest BCUT2D eigenvalue weighted by atomic mass is 16.5. The third-order valence-electron chi connectivity index (χ3n) is 6.78. The third kappa shape index (κ3) is 3.36. The van der Waals surface area contributed by atoms with Crippen molar-refractivity contribution in [3.8, 4) is 11.5 Å². The van der Waals surface area contributed by atoms with Crippen LogP contribution in [0.5, 0.6) is 11.5 Å². The molecule has 0 saturated carbocycles. The summed E-state index contributed by atoms with van der Waals surface area (Å²) in [5, 5.41) is 5.87. The zero-order valence-electron chi connectivity index (χ0n) is 19.8. The van der Waals surface area contributed by atoms with Crippen LogP contribution in [0.3, 0.4) is 0 Å². The summed E-state index contributed by atoms with van der Waals surface area (Å²) in [6.45, 7) is 0. The third-order valence-corrected chi connectivity index (χ3v) is 6.78. The molecule has 0 aliphatic carbocycles. The lowest BCUT2D eigenvalue weighted by molar-refractivity contribution is -0.123.